The van der Waals surface area contributed by atoms with Gasteiger partial charge in [0.05, 0.1) is 11.7 Å². The van der Waals surface area contributed by atoms with Gasteiger partial charge in [0.25, 0.3) is 0 Å². The highest BCUT2D eigenvalue weighted by Gasteiger charge is 2.30. The first-order valence-electron chi connectivity index (χ1n) is 6.69. The molecule has 4 nitrogen and oxygen atoms in total. The Labute approximate surface area is 127 Å². The molecule has 2 unspecified atom stereocenters. The fraction of sp³-hybridized carbons (Fsp3) is 0.429. The van der Waals surface area contributed by atoms with Crippen molar-refractivity contribution in [1.82, 2.24) is 10.1 Å². The van der Waals surface area contributed by atoms with Crippen LogP contribution in [0.4, 0.5) is 0 Å². The SMILES string of the molecule is NC1CCCC1c1nc(CSc2ccc(Cl)cc2)no1. The van der Waals surface area contributed by atoms with Gasteiger partial charge in [-0.15, -0.1) is 11.8 Å². The minimum Gasteiger partial charge on any atom is -0.339 e. The van der Waals surface area contributed by atoms with E-state index in [-0.39, 0.29) is 12.0 Å². The maximum Gasteiger partial charge on any atom is 0.231 e. The van der Waals surface area contributed by atoms with Gasteiger partial charge in [-0.1, -0.05) is 23.2 Å². The molecule has 106 valence electrons. The highest BCUT2D eigenvalue weighted by atomic mass is 35.5. The van der Waals surface area contributed by atoms with Crippen LogP contribution in [-0.4, -0.2) is 16.2 Å². The van der Waals surface area contributed by atoms with Crippen LogP contribution in [0.2, 0.25) is 5.02 Å². The van der Waals surface area contributed by atoms with E-state index < -0.39 is 0 Å². The Bertz CT molecular complexity index is 572. The lowest BCUT2D eigenvalue weighted by Gasteiger charge is -2.08. The Hall–Kier alpha value is -1.04. The second kappa shape index (κ2) is 6.16. The van der Waals surface area contributed by atoms with Crippen LogP contribution in [0.15, 0.2) is 33.7 Å². The van der Waals surface area contributed by atoms with Crippen LogP contribution in [0.5, 0.6) is 0 Å². The number of thioether (sulfide) groups is 1. The van der Waals surface area contributed by atoms with E-state index in [4.69, 9.17) is 21.9 Å². The smallest absolute Gasteiger partial charge is 0.231 e. The van der Waals surface area contributed by atoms with E-state index in [2.05, 4.69) is 10.1 Å². The van der Waals surface area contributed by atoms with Gasteiger partial charge in [-0.3, -0.25) is 0 Å². The van der Waals surface area contributed by atoms with Gasteiger partial charge in [0.1, 0.15) is 0 Å². The third-order valence-electron chi connectivity index (χ3n) is 3.55. The molecule has 0 spiro atoms. The fourth-order valence-corrected chi connectivity index (χ4v) is 3.32. The van der Waals surface area contributed by atoms with Gasteiger partial charge in [-0.25, -0.2) is 0 Å². The molecule has 1 heterocycles. The van der Waals surface area contributed by atoms with Gasteiger partial charge in [-0.05, 0) is 37.1 Å². The molecule has 1 fully saturated rings. The van der Waals surface area contributed by atoms with Crippen LogP contribution in [0.25, 0.3) is 0 Å². The second-order valence-corrected chi connectivity index (χ2v) is 6.48. The molecule has 6 heteroatoms. The van der Waals surface area contributed by atoms with Crippen LogP contribution in [0.1, 0.15) is 36.9 Å². The first-order chi connectivity index (χ1) is 9.72. The summed E-state index contributed by atoms with van der Waals surface area (Å²) < 4.78 is 5.35. The summed E-state index contributed by atoms with van der Waals surface area (Å²) in [6.45, 7) is 0. The number of aromatic nitrogens is 2. The first-order valence-corrected chi connectivity index (χ1v) is 8.05. The van der Waals surface area contributed by atoms with Gasteiger partial charge >= 0.3 is 0 Å². The molecule has 1 aliphatic rings. The molecule has 1 aromatic carbocycles. The molecule has 0 saturated heterocycles. The zero-order valence-electron chi connectivity index (χ0n) is 11.0. The van der Waals surface area contributed by atoms with Gasteiger partial charge in [0, 0.05) is 16.0 Å². The van der Waals surface area contributed by atoms with Gasteiger partial charge < -0.3 is 10.3 Å². The lowest BCUT2D eigenvalue weighted by atomic mass is 10.1. The van der Waals surface area contributed by atoms with E-state index in [1.54, 1.807) is 11.8 Å². The molecule has 20 heavy (non-hydrogen) atoms. The van der Waals surface area contributed by atoms with Crippen molar-refractivity contribution in [3.8, 4) is 0 Å². The van der Waals surface area contributed by atoms with Crippen LogP contribution >= 0.6 is 23.4 Å². The number of nitrogens with zero attached hydrogens (tertiary/aromatic N) is 2. The van der Waals surface area contributed by atoms with E-state index >= 15 is 0 Å². The minimum absolute atomic E-state index is 0.159. The third-order valence-corrected chi connectivity index (χ3v) is 4.81. The van der Waals surface area contributed by atoms with Gasteiger partial charge in [0.2, 0.25) is 5.89 Å². The summed E-state index contributed by atoms with van der Waals surface area (Å²) in [5.74, 6) is 2.34. The summed E-state index contributed by atoms with van der Waals surface area (Å²) >= 11 is 7.52. The average molecular weight is 310 g/mol. The van der Waals surface area contributed by atoms with Crippen molar-refractivity contribution >= 4 is 23.4 Å². The van der Waals surface area contributed by atoms with Crippen molar-refractivity contribution in [3.63, 3.8) is 0 Å². The summed E-state index contributed by atoms with van der Waals surface area (Å²) in [7, 11) is 0. The molecule has 0 amide bonds. The number of rotatable bonds is 4. The molecule has 3 rings (SSSR count). The Balaban J connectivity index is 1.61. The molecular weight excluding hydrogens is 294 g/mol. The number of nitrogens with two attached hydrogens (primary N) is 1. The zero-order valence-corrected chi connectivity index (χ0v) is 12.5. The molecule has 1 aromatic heterocycles. The molecule has 2 N–H and O–H groups in total. The summed E-state index contributed by atoms with van der Waals surface area (Å²) in [4.78, 5) is 5.61. The molecule has 1 aliphatic carbocycles. The summed E-state index contributed by atoms with van der Waals surface area (Å²) in [6, 6.07) is 7.89. The quantitative estimate of drug-likeness (QED) is 0.874. The van der Waals surface area contributed by atoms with Crippen molar-refractivity contribution in [2.75, 3.05) is 0 Å². The number of hydrogen-bond acceptors (Lipinski definition) is 5. The van der Waals surface area contributed by atoms with Crippen LogP contribution < -0.4 is 5.73 Å². The second-order valence-electron chi connectivity index (χ2n) is 4.99. The largest absolute Gasteiger partial charge is 0.339 e. The van der Waals surface area contributed by atoms with E-state index in [1.807, 2.05) is 24.3 Å². The highest BCUT2D eigenvalue weighted by Crippen LogP contribution is 2.32. The van der Waals surface area contributed by atoms with E-state index in [9.17, 15) is 0 Å². The molecule has 0 bridgehead atoms. The Morgan fingerprint density at radius 1 is 1.30 bits per heavy atom. The zero-order chi connectivity index (χ0) is 13.9. The number of benzene rings is 1. The Kier molecular flexibility index (Phi) is 4.29. The molecule has 2 aromatic rings. The van der Waals surface area contributed by atoms with Gasteiger partial charge in [0.15, 0.2) is 5.82 Å². The predicted molar refractivity (Wildman–Crippen MR) is 79.9 cm³/mol. The van der Waals surface area contributed by atoms with Crippen LogP contribution in [-0.2, 0) is 5.75 Å². The van der Waals surface area contributed by atoms with E-state index in [0.717, 1.165) is 35.0 Å². The highest BCUT2D eigenvalue weighted by molar-refractivity contribution is 7.98. The summed E-state index contributed by atoms with van der Waals surface area (Å²) in [6.07, 6.45) is 3.23. The van der Waals surface area contributed by atoms with Crippen LogP contribution in [0.3, 0.4) is 0 Å². The lowest BCUT2D eigenvalue weighted by molar-refractivity contribution is 0.342. The maximum absolute atomic E-state index is 6.05. The monoisotopic (exact) mass is 309 g/mol. The third kappa shape index (κ3) is 3.16. The lowest BCUT2D eigenvalue weighted by Crippen LogP contribution is -2.22. The van der Waals surface area contributed by atoms with E-state index in [1.165, 1.54) is 0 Å². The molecule has 0 radical (unpaired) electrons. The predicted octanol–water partition coefficient (Wildman–Crippen LogP) is 3.61. The normalized spacial score (nSPS) is 22.3. The molecule has 0 aliphatic heterocycles. The Morgan fingerprint density at radius 3 is 2.80 bits per heavy atom. The average Bonchev–Trinajstić information content (AvgIpc) is 3.06. The fourth-order valence-electron chi connectivity index (χ4n) is 2.45. The van der Waals surface area contributed by atoms with Crippen LogP contribution in [0, 0.1) is 0 Å². The van der Waals surface area contributed by atoms with Crippen molar-refractivity contribution in [2.24, 2.45) is 5.73 Å². The van der Waals surface area contributed by atoms with Crippen molar-refractivity contribution in [2.45, 2.75) is 41.9 Å². The first kappa shape index (κ1) is 13.9. The molecule has 1 saturated carbocycles. The van der Waals surface area contributed by atoms with Crippen molar-refractivity contribution in [3.05, 3.63) is 41.0 Å². The molecule has 2 atom stereocenters. The van der Waals surface area contributed by atoms with Crippen molar-refractivity contribution in [1.29, 1.82) is 0 Å². The summed E-state index contributed by atoms with van der Waals surface area (Å²) in [5.41, 5.74) is 6.05. The number of hydrogen-bond donors (Lipinski definition) is 1. The van der Waals surface area contributed by atoms with Crippen molar-refractivity contribution < 1.29 is 4.52 Å². The summed E-state index contributed by atoms with van der Waals surface area (Å²) in [5, 5.41) is 4.78. The standard InChI is InChI=1S/C14H16ClN3OS/c15-9-4-6-10(7-5-9)20-8-13-17-14(19-18-13)11-2-1-3-12(11)16/h4-7,11-12H,1-3,8,16H2. The van der Waals surface area contributed by atoms with Gasteiger partial charge in [-0.2, -0.15) is 4.98 Å². The maximum atomic E-state index is 6.05. The molecular formula is C14H16ClN3OS. The van der Waals surface area contributed by atoms with E-state index in [0.29, 0.717) is 11.6 Å². The Morgan fingerprint density at radius 2 is 2.10 bits per heavy atom. The minimum atomic E-state index is 0.159. The topological polar surface area (TPSA) is 64.9 Å². The number of halogens is 1.